The number of rotatable bonds is 5. The van der Waals surface area contributed by atoms with Gasteiger partial charge >= 0.3 is 0 Å². The molecule has 0 spiro atoms. The average Bonchev–Trinajstić information content (AvgIpc) is 3.63. The largest absolute Gasteiger partial charge is 0.452 e. The molecule has 0 aliphatic carbocycles. The van der Waals surface area contributed by atoms with Crippen molar-refractivity contribution in [2.75, 3.05) is 31.2 Å². The van der Waals surface area contributed by atoms with Gasteiger partial charge in [0.25, 0.3) is 0 Å². The van der Waals surface area contributed by atoms with Crippen molar-refractivity contribution in [3.63, 3.8) is 0 Å². The lowest BCUT2D eigenvalue weighted by Crippen LogP contribution is -2.36. The number of ether oxygens (including phenoxy) is 1. The predicted molar refractivity (Wildman–Crippen MR) is 139 cm³/mol. The van der Waals surface area contributed by atoms with Gasteiger partial charge in [-0.1, -0.05) is 30.3 Å². The smallest absolute Gasteiger partial charge is 0.176 e. The number of furan rings is 1. The number of morpholine rings is 1. The van der Waals surface area contributed by atoms with Crippen LogP contribution >= 0.6 is 28.4 Å². The number of anilines is 1. The molecule has 5 heterocycles. The summed E-state index contributed by atoms with van der Waals surface area (Å²) in [5, 5.41) is 9.18. The minimum absolute atomic E-state index is 0.540. The Hall–Kier alpha value is -2.75. The van der Waals surface area contributed by atoms with Crippen molar-refractivity contribution in [3.8, 4) is 28.4 Å². The summed E-state index contributed by atoms with van der Waals surface area (Å²) < 4.78 is 15.6. The molecular weight excluding hydrogens is 550 g/mol. The van der Waals surface area contributed by atoms with E-state index in [2.05, 4.69) is 50.2 Å². The number of hydrogen-bond donors (Lipinski definition) is 0. The van der Waals surface area contributed by atoms with Crippen LogP contribution in [0.15, 0.2) is 71.5 Å². The summed E-state index contributed by atoms with van der Waals surface area (Å²) in [5.74, 6) is 1.51. The van der Waals surface area contributed by atoms with Crippen LogP contribution < -0.4 is 4.90 Å². The fourth-order valence-electron chi connectivity index (χ4n) is 4.00. The first-order valence-electron chi connectivity index (χ1n) is 10.6. The molecule has 0 amide bonds. The number of nitrogens with zero attached hydrogens (tertiary/aromatic N) is 6. The Balaban J connectivity index is 1.46. The van der Waals surface area contributed by atoms with Gasteiger partial charge in [0.05, 0.1) is 42.7 Å². The molecule has 8 nitrogen and oxygen atoms in total. The Morgan fingerprint density at radius 3 is 2.64 bits per heavy atom. The van der Waals surface area contributed by atoms with Crippen LogP contribution in [0.2, 0.25) is 0 Å². The SMILES string of the molecule is IPn1cc(-c2cc3nc(-n4ccc(-c5ccccc5)n4)cc(N4CCOCC4)c3o2)cn1. The number of halogens is 1. The molecule has 1 saturated heterocycles. The molecule has 1 unspecified atom stereocenters. The molecule has 1 aliphatic rings. The van der Waals surface area contributed by atoms with Crippen molar-refractivity contribution in [1.29, 1.82) is 0 Å². The molecule has 1 aliphatic heterocycles. The fourth-order valence-corrected chi connectivity index (χ4v) is 5.08. The van der Waals surface area contributed by atoms with Crippen molar-refractivity contribution >= 4 is 45.2 Å². The second kappa shape index (κ2) is 8.89. The zero-order valence-corrected chi connectivity index (χ0v) is 20.7. The van der Waals surface area contributed by atoms with Crippen LogP contribution in [0.5, 0.6) is 0 Å². The van der Waals surface area contributed by atoms with Gasteiger partial charge in [-0.15, -0.1) is 0 Å². The lowest BCUT2D eigenvalue weighted by Gasteiger charge is -2.28. The summed E-state index contributed by atoms with van der Waals surface area (Å²) in [7, 11) is 0. The van der Waals surface area contributed by atoms with Crippen molar-refractivity contribution in [3.05, 3.63) is 67.1 Å². The molecule has 1 aromatic carbocycles. The maximum Gasteiger partial charge on any atom is 0.176 e. The summed E-state index contributed by atoms with van der Waals surface area (Å²) in [5.41, 5.74) is 5.50. The van der Waals surface area contributed by atoms with Crippen LogP contribution in [-0.4, -0.2) is 50.6 Å². The van der Waals surface area contributed by atoms with E-state index in [1.807, 2.05) is 58.1 Å². The second-order valence-corrected chi connectivity index (χ2v) is 9.77. The zero-order valence-electron chi connectivity index (χ0n) is 17.6. The Morgan fingerprint density at radius 1 is 1.00 bits per heavy atom. The lowest BCUT2D eigenvalue weighted by molar-refractivity contribution is 0.122. The first kappa shape index (κ1) is 20.8. The lowest BCUT2D eigenvalue weighted by atomic mass is 10.2. The third-order valence-corrected chi connectivity index (χ3v) is 7.55. The van der Waals surface area contributed by atoms with Crippen LogP contribution in [-0.2, 0) is 4.74 Å². The van der Waals surface area contributed by atoms with Crippen molar-refractivity contribution < 1.29 is 9.15 Å². The van der Waals surface area contributed by atoms with Gasteiger partial charge in [0.1, 0.15) is 11.3 Å². The van der Waals surface area contributed by atoms with E-state index in [4.69, 9.17) is 19.2 Å². The molecule has 1 atom stereocenters. The molecular formula is C23H20IN6O2P. The highest BCUT2D eigenvalue weighted by Crippen LogP contribution is 2.36. The summed E-state index contributed by atoms with van der Waals surface area (Å²) in [6, 6.07) is 16.2. The third kappa shape index (κ3) is 4.05. The fraction of sp³-hybridized carbons (Fsp3) is 0.174. The standard InChI is InChI=1S/C23H20IN6O2P/c24-33-30-15-17(14-25-30)21-12-19-23(32-21)20(28-8-10-31-11-9-28)13-22(26-19)29-7-6-18(27-29)16-4-2-1-3-5-16/h1-7,12-15,33H,8-11H2. The van der Waals surface area contributed by atoms with E-state index < -0.39 is 0 Å². The summed E-state index contributed by atoms with van der Waals surface area (Å²) in [6.45, 7) is 2.99. The van der Waals surface area contributed by atoms with E-state index in [0.29, 0.717) is 19.6 Å². The molecule has 1 fully saturated rings. The Morgan fingerprint density at radius 2 is 1.85 bits per heavy atom. The molecule has 0 N–H and O–H groups in total. The molecule has 5 aromatic rings. The maximum atomic E-state index is 6.33. The number of pyridine rings is 1. The van der Waals surface area contributed by atoms with Crippen LogP contribution in [0.1, 0.15) is 0 Å². The minimum Gasteiger partial charge on any atom is -0.452 e. The monoisotopic (exact) mass is 570 g/mol. The molecule has 6 rings (SSSR count). The van der Waals surface area contributed by atoms with Crippen molar-refractivity contribution in [2.24, 2.45) is 0 Å². The summed E-state index contributed by atoms with van der Waals surface area (Å²) in [4.78, 5) is 7.20. The van der Waals surface area contributed by atoms with Gasteiger partial charge in [0.2, 0.25) is 0 Å². The first-order chi connectivity index (χ1) is 16.3. The van der Waals surface area contributed by atoms with Crippen LogP contribution in [0.25, 0.3) is 39.5 Å². The highest BCUT2D eigenvalue weighted by molar-refractivity contribution is 14.2. The second-order valence-electron chi connectivity index (χ2n) is 7.69. The third-order valence-electron chi connectivity index (χ3n) is 5.64. The minimum atomic E-state index is 0.540. The molecule has 166 valence electrons. The van der Waals surface area contributed by atoms with Crippen molar-refractivity contribution in [1.82, 2.24) is 24.3 Å². The molecule has 0 saturated carbocycles. The molecule has 10 heteroatoms. The van der Waals surface area contributed by atoms with E-state index >= 15 is 0 Å². The van der Waals surface area contributed by atoms with E-state index in [1.165, 1.54) is 0 Å². The van der Waals surface area contributed by atoms with Crippen molar-refractivity contribution in [2.45, 2.75) is 0 Å². The number of hydrogen-bond acceptors (Lipinski definition) is 6. The quantitative estimate of drug-likeness (QED) is 0.215. The Bertz CT molecular complexity index is 1410. The van der Waals surface area contributed by atoms with E-state index in [-0.39, 0.29) is 0 Å². The highest BCUT2D eigenvalue weighted by Gasteiger charge is 2.21. The van der Waals surface area contributed by atoms with Gasteiger partial charge < -0.3 is 14.1 Å². The molecule has 4 aromatic heterocycles. The van der Waals surface area contributed by atoms with Gasteiger partial charge in [-0.2, -0.15) is 10.2 Å². The highest BCUT2D eigenvalue weighted by atomic mass is 127. The Kier molecular flexibility index (Phi) is 5.61. The normalized spacial score (nSPS) is 14.6. The van der Waals surface area contributed by atoms with Crippen LogP contribution in [0.4, 0.5) is 5.69 Å². The topological polar surface area (TPSA) is 74.1 Å². The van der Waals surface area contributed by atoms with Gasteiger partial charge in [0.15, 0.2) is 11.4 Å². The van der Waals surface area contributed by atoms with Crippen LogP contribution in [0, 0.1) is 0 Å². The molecule has 0 radical (unpaired) electrons. The number of benzene rings is 1. The summed E-state index contributed by atoms with van der Waals surface area (Å²) >= 11 is 2.31. The van der Waals surface area contributed by atoms with E-state index in [0.717, 1.165) is 58.3 Å². The maximum absolute atomic E-state index is 6.33. The van der Waals surface area contributed by atoms with Gasteiger partial charge in [0, 0.05) is 43.2 Å². The zero-order chi connectivity index (χ0) is 22.2. The van der Waals surface area contributed by atoms with E-state index in [1.54, 1.807) is 0 Å². The van der Waals surface area contributed by atoms with Gasteiger partial charge in [-0.3, -0.25) is 0 Å². The summed E-state index contributed by atoms with van der Waals surface area (Å²) in [6.07, 6.45) is 6.32. The molecule has 33 heavy (non-hydrogen) atoms. The number of fused-ring (bicyclic) bond motifs is 1. The van der Waals surface area contributed by atoms with Crippen LogP contribution in [0.3, 0.4) is 0 Å². The first-order valence-corrected chi connectivity index (χ1v) is 14.6. The van der Waals surface area contributed by atoms with Gasteiger partial charge in [-0.05, 0) is 28.1 Å². The average molecular weight is 570 g/mol. The van der Waals surface area contributed by atoms with Gasteiger partial charge in [-0.25, -0.2) is 14.1 Å². The predicted octanol–water partition coefficient (Wildman–Crippen LogP) is 5.17. The molecule has 0 bridgehead atoms. The van der Waals surface area contributed by atoms with E-state index in [9.17, 15) is 0 Å². The Labute approximate surface area is 204 Å². The number of aromatic nitrogens is 5.